The molecule has 1 aliphatic carbocycles. The number of nitrogens with zero attached hydrogens (tertiary/aromatic N) is 1. The Hall–Kier alpha value is -1.08. The molecule has 1 aromatic heterocycles. The standard InChI is InChI=1S/C12H12ClN/c1-9-3-2-4-10(5-9)11-6-12(13)8-14-7-11/h2-4,6-8,10H,5H2,1H3. The molecule has 1 unspecified atom stereocenters. The molecule has 1 atom stereocenters. The van der Waals surface area contributed by atoms with Gasteiger partial charge in [0.1, 0.15) is 0 Å². The van der Waals surface area contributed by atoms with E-state index in [-0.39, 0.29) is 0 Å². The third kappa shape index (κ3) is 2.05. The zero-order chi connectivity index (χ0) is 9.97. The van der Waals surface area contributed by atoms with E-state index in [1.807, 2.05) is 12.3 Å². The number of halogens is 1. The molecule has 0 aromatic carbocycles. The first-order chi connectivity index (χ1) is 6.75. The predicted octanol–water partition coefficient (Wildman–Crippen LogP) is 3.72. The summed E-state index contributed by atoms with van der Waals surface area (Å²) in [5.74, 6) is 0.436. The van der Waals surface area contributed by atoms with Crippen molar-refractivity contribution in [3.8, 4) is 0 Å². The molecule has 0 saturated carbocycles. The number of aromatic nitrogens is 1. The summed E-state index contributed by atoms with van der Waals surface area (Å²) in [6.45, 7) is 2.15. The molecule has 1 aromatic rings. The van der Waals surface area contributed by atoms with Crippen molar-refractivity contribution in [3.63, 3.8) is 0 Å². The van der Waals surface area contributed by atoms with Crippen molar-refractivity contribution in [1.29, 1.82) is 0 Å². The first kappa shape index (κ1) is 9.47. The molecule has 72 valence electrons. The Balaban J connectivity index is 2.25. The maximum atomic E-state index is 5.90. The minimum atomic E-state index is 0.436. The van der Waals surface area contributed by atoms with Crippen molar-refractivity contribution >= 4 is 11.6 Å². The average molecular weight is 206 g/mol. The van der Waals surface area contributed by atoms with Gasteiger partial charge in [-0.3, -0.25) is 4.98 Å². The molecule has 0 N–H and O–H groups in total. The highest BCUT2D eigenvalue weighted by Crippen LogP contribution is 2.28. The summed E-state index contributed by atoms with van der Waals surface area (Å²) in [5.41, 5.74) is 2.60. The first-order valence-electron chi connectivity index (χ1n) is 4.70. The van der Waals surface area contributed by atoms with Crippen molar-refractivity contribution in [3.05, 3.63) is 52.8 Å². The molecule has 0 bridgehead atoms. The quantitative estimate of drug-likeness (QED) is 0.681. The molecule has 1 heterocycles. The molecular formula is C12H12ClN. The Morgan fingerprint density at radius 2 is 2.29 bits per heavy atom. The van der Waals surface area contributed by atoms with Gasteiger partial charge in [0.15, 0.2) is 0 Å². The topological polar surface area (TPSA) is 12.9 Å². The lowest BCUT2D eigenvalue weighted by Gasteiger charge is -2.16. The van der Waals surface area contributed by atoms with Crippen LogP contribution in [-0.2, 0) is 0 Å². The monoisotopic (exact) mass is 205 g/mol. The molecule has 2 heteroatoms. The van der Waals surface area contributed by atoms with Gasteiger partial charge in [-0.2, -0.15) is 0 Å². The molecule has 0 saturated heterocycles. The van der Waals surface area contributed by atoms with Gasteiger partial charge >= 0.3 is 0 Å². The molecule has 1 aliphatic rings. The van der Waals surface area contributed by atoms with Crippen molar-refractivity contribution in [2.45, 2.75) is 19.3 Å². The maximum absolute atomic E-state index is 5.90. The van der Waals surface area contributed by atoms with Crippen LogP contribution in [0, 0.1) is 0 Å². The largest absolute Gasteiger partial charge is 0.263 e. The molecule has 0 aliphatic heterocycles. The zero-order valence-electron chi connectivity index (χ0n) is 8.07. The van der Waals surface area contributed by atoms with Crippen LogP contribution >= 0.6 is 11.6 Å². The molecule has 2 rings (SSSR count). The Morgan fingerprint density at radius 3 is 3.00 bits per heavy atom. The van der Waals surface area contributed by atoms with Crippen LogP contribution in [-0.4, -0.2) is 4.98 Å². The van der Waals surface area contributed by atoms with Gasteiger partial charge in [-0.05, 0) is 25.0 Å². The Labute approximate surface area is 89.1 Å². The second-order valence-electron chi connectivity index (χ2n) is 3.65. The lowest BCUT2D eigenvalue weighted by molar-refractivity contribution is 0.808. The van der Waals surface area contributed by atoms with Crippen LogP contribution in [0.3, 0.4) is 0 Å². The molecule has 1 nitrogen and oxygen atoms in total. The molecular weight excluding hydrogens is 194 g/mol. The normalized spacial score (nSPS) is 20.7. The molecule has 0 amide bonds. The van der Waals surface area contributed by atoms with E-state index in [1.54, 1.807) is 6.20 Å². The molecule has 0 radical (unpaired) electrons. The highest BCUT2D eigenvalue weighted by Gasteiger charge is 2.11. The van der Waals surface area contributed by atoms with Gasteiger partial charge in [0.2, 0.25) is 0 Å². The van der Waals surface area contributed by atoms with Crippen LogP contribution in [0.4, 0.5) is 0 Å². The van der Waals surface area contributed by atoms with Crippen LogP contribution in [0.25, 0.3) is 0 Å². The summed E-state index contributed by atoms with van der Waals surface area (Å²) in [6.07, 6.45) is 11.1. The van der Waals surface area contributed by atoms with E-state index in [0.29, 0.717) is 10.9 Å². The van der Waals surface area contributed by atoms with Crippen molar-refractivity contribution in [2.75, 3.05) is 0 Å². The van der Waals surface area contributed by atoms with Crippen LogP contribution in [0.2, 0.25) is 5.02 Å². The number of hydrogen-bond acceptors (Lipinski definition) is 1. The number of pyridine rings is 1. The van der Waals surface area contributed by atoms with Gasteiger partial charge in [-0.25, -0.2) is 0 Å². The number of hydrogen-bond donors (Lipinski definition) is 0. The lowest BCUT2D eigenvalue weighted by Crippen LogP contribution is -1.99. The predicted molar refractivity (Wildman–Crippen MR) is 59.5 cm³/mol. The number of rotatable bonds is 1. The average Bonchev–Trinajstić information content (AvgIpc) is 2.18. The van der Waals surface area contributed by atoms with Gasteiger partial charge in [-0.15, -0.1) is 0 Å². The van der Waals surface area contributed by atoms with E-state index in [4.69, 9.17) is 11.6 Å². The van der Waals surface area contributed by atoms with Gasteiger partial charge in [-0.1, -0.05) is 35.4 Å². The van der Waals surface area contributed by atoms with E-state index >= 15 is 0 Å². The second-order valence-corrected chi connectivity index (χ2v) is 4.08. The molecule has 14 heavy (non-hydrogen) atoms. The maximum Gasteiger partial charge on any atom is 0.0592 e. The summed E-state index contributed by atoms with van der Waals surface area (Å²) in [7, 11) is 0. The summed E-state index contributed by atoms with van der Waals surface area (Å²) in [4.78, 5) is 4.10. The SMILES string of the molecule is CC1=CC=CC(c2cncc(Cl)c2)C1. The van der Waals surface area contributed by atoms with Gasteiger partial charge < -0.3 is 0 Å². The summed E-state index contributed by atoms with van der Waals surface area (Å²) in [5, 5.41) is 0.711. The summed E-state index contributed by atoms with van der Waals surface area (Å²) in [6, 6.07) is 1.99. The highest BCUT2D eigenvalue weighted by atomic mass is 35.5. The van der Waals surface area contributed by atoms with Gasteiger partial charge in [0.25, 0.3) is 0 Å². The third-order valence-corrected chi connectivity index (χ3v) is 2.63. The zero-order valence-corrected chi connectivity index (χ0v) is 8.83. The van der Waals surface area contributed by atoms with Crippen molar-refractivity contribution in [2.24, 2.45) is 0 Å². The second kappa shape index (κ2) is 3.97. The molecule has 0 fully saturated rings. The fourth-order valence-electron chi connectivity index (χ4n) is 1.70. The smallest absolute Gasteiger partial charge is 0.0592 e. The van der Waals surface area contributed by atoms with Crippen LogP contribution in [0.15, 0.2) is 42.3 Å². The Bertz CT molecular complexity index is 393. The van der Waals surface area contributed by atoms with Gasteiger partial charge in [0, 0.05) is 18.3 Å². The lowest BCUT2D eigenvalue weighted by atomic mass is 9.90. The Morgan fingerprint density at radius 1 is 1.43 bits per heavy atom. The third-order valence-electron chi connectivity index (χ3n) is 2.42. The summed E-state index contributed by atoms with van der Waals surface area (Å²) < 4.78 is 0. The van der Waals surface area contributed by atoms with E-state index in [9.17, 15) is 0 Å². The minimum absolute atomic E-state index is 0.436. The van der Waals surface area contributed by atoms with Crippen LogP contribution in [0.1, 0.15) is 24.8 Å². The number of allylic oxidation sites excluding steroid dienone is 4. The van der Waals surface area contributed by atoms with E-state index < -0.39 is 0 Å². The fraction of sp³-hybridized carbons (Fsp3) is 0.250. The highest BCUT2D eigenvalue weighted by molar-refractivity contribution is 6.30. The van der Waals surface area contributed by atoms with E-state index in [0.717, 1.165) is 6.42 Å². The fourth-order valence-corrected chi connectivity index (χ4v) is 1.88. The Kier molecular flexibility index (Phi) is 2.69. The van der Waals surface area contributed by atoms with Crippen LogP contribution in [0.5, 0.6) is 0 Å². The molecule has 0 spiro atoms. The van der Waals surface area contributed by atoms with Crippen LogP contribution < -0.4 is 0 Å². The van der Waals surface area contributed by atoms with Gasteiger partial charge in [0.05, 0.1) is 5.02 Å². The summed E-state index contributed by atoms with van der Waals surface area (Å²) >= 11 is 5.90. The minimum Gasteiger partial charge on any atom is -0.263 e. The van der Waals surface area contributed by atoms with Crippen molar-refractivity contribution in [1.82, 2.24) is 4.98 Å². The van der Waals surface area contributed by atoms with E-state index in [1.165, 1.54) is 11.1 Å². The van der Waals surface area contributed by atoms with E-state index in [2.05, 4.69) is 30.1 Å². The first-order valence-corrected chi connectivity index (χ1v) is 5.08. The van der Waals surface area contributed by atoms with Crippen molar-refractivity contribution < 1.29 is 0 Å².